The fourth-order valence-corrected chi connectivity index (χ4v) is 2.10. The molecular weight excluding hydrogens is 285 g/mol. The molecule has 2 nitrogen and oxygen atoms in total. The van der Waals surface area contributed by atoms with Gasteiger partial charge >= 0.3 is 6.18 Å². The van der Waals surface area contributed by atoms with Crippen molar-refractivity contribution in [1.82, 2.24) is 0 Å². The lowest BCUT2D eigenvalue weighted by atomic mass is 10.0. The van der Waals surface area contributed by atoms with Gasteiger partial charge in [0, 0.05) is 24.8 Å². The van der Waals surface area contributed by atoms with Gasteiger partial charge in [-0.15, -0.1) is 0 Å². The van der Waals surface area contributed by atoms with Gasteiger partial charge in [0.15, 0.2) is 0 Å². The number of benzene rings is 1. The average molecular weight is 304 g/mol. The number of anilines is 1. The summed E-state index contributed by atoms with van der Waals surface area (Å²) in [6.45, 7) is 4.89. The molecule has 0 amide bonds. The lowest BCUT2D eigenvalue weighted by Gasteiger charge is -2.25. The minimum Gasteiger partial charge on any atom is -0.389 e. The lowest BCUT2D eigenvalue weighted by molar-refractivity contribution is -0.137. The number of alkyl halides is 3. The summed E-state index contributed by atoms with van der Waals surface area (Å²) in [5.74, 6) is 0.432. The molecule has 6 heteroatoms. The van der Waals surface area contributed by atoms with Crippen LogP contribution in [0.3, 0.4) is 0 Å². The first-order valence-corrected chi connectivity index (χ1v) is 6.79. The van der Waals surface area contributed by atoms with E-state index in [0.29, 0.717) is 11.6 Å². The second-order valence-corrected chi connectivity index (χ2v) is 5.43. The predicted octanol–water partition coefficient (Wildman–Crippen LogP) is 3.82. The van der Waals surface area contributed by atoms with Crippen molar-refractivity contribution < 1.29 is 13.2 Å². The third-order valence-corrected chi connectivity index (χ3v) is 3.50. The van der Waals surface area contributed by atoms with Crippen molar-refractivity contribution in [3.8, 4) is 0 Å². The molecule has 1 aromatic rings. The molecule has 0 aliphatic carbocycles. The van der Waals surface area contributed by atoms with Crippen molar-refractivity contribution in [2.45, 2.75) is 26.4 Å². The van der Waals surface area contributed by atoms with Crippen LogP contribution in [0.1, 0.15) is 31.4 Å². The zero-order valence-electron chi connectivity index (χ0n) is 11.8. The van der Waals surface area contributed by atoms with Gasteiger partial charge in [-0.25, -0.2) is 0 Å². The van der Waals surface area contributed by atoms with Gasteiger partial charge in [0.25, 0.3) is 0 Å². The van der Waals surface area contributed by atoms with E-state index in [1.54, 1.807) is 0 Å². The van der Waals surface area contributed by atoms with E-state index >= 15 is 0 Å². The van der Waals surface area contributed by atoms with Crippen LogP contribution in [-0.4, -0.2) is 18.6 Å². The summed E-state index contributed by atoms with van der Waals surface area (Å²) in [4.78, 5) is 1.87. The third-order valence-electron chi connectivity index (χ3n) is 3.28. The summed E-state index contributed by atoms with van der Waals surface area (Å²) in [6, 6.07) is 3.51. The summed E-state index contributed by atoms with van der Waals surface area (Å²) in [5, 5.41) is 0. The molecule has 0 aromatic heterocycles. The van der Waals surface area contributed by atoms with Gasteiger partial charge < -0.3 is 10.6 Å². The first-order chi connectivity index (χ1) is 9.16. The summed E-state index contributed by atoms with van der Waals surface area (Å²) >= 11 is 4.88. The number of halogens is 3. The van der Waals surface area contributed by atoms with E-state index in [9.17, 15) is 13.2 Å². The van der Waals surface area contributed by atoms with E-state index in [0.717, 1.165) is 25.1 Å². The molecule has 2 N–H and O–H groups in total. The van der Waals surface area contributed by atoms with Crippen molar-refractivity contribution >= 4 is 22.9 Å². The minimum absolute atomic E-state index is 0.0258. The molecule has 0 saturated carbocycles. The highest BCUT2D eigenvalue weighted by atomic mass is 32.1. The van der Waals surface area contributed by atoms with E-state index in [2.05, 4.69) is 13.8 Å². The van der Waals surface area contributed by atoms with Crippen molar-refractivity contribution in [2.75, 3.05) is 18.5 Å². The van der Waals surface area contributed by atoms with Gasteiger partial charge in [-0.1, -0.05) is 32.5 Å². The SMILES string of the molecule is CCC(C)CN(C)c1ccc(C(F)(F)F)cc1C(N)=S. The fraction of sp³-hybridized carbons (Fsp3) is 0.500. The summed E-state index contributed by atoms with van der Waals surface area (Å²) in [7, 11) is 1.83. The molecule has 0 fully saturated rings. The van der Waals surface area contributed by atoms with Crippen molar-refractivity contribution in [1.29, 1.82) is 0 Å². The van der Waals surface area contributed by atoms with Crippen LogP contribution in [0.15, 0.2) is 18.2 Å². The molecule has 0 spiro atoms. The molecule has 0 saturated heterocycles. The number of nitrogens with zero attached hydrogens (tertiary/aromatic N) is 1. The Kier molecular flexibility index (Phi) is 5.39. The second-order valence-electron chi connectivity index (χ2n) is 4.99. The van der Waals surface area contributed by atoms with Crippen LogP contribution in [0.4, 0.5) is 18.9 Å². The van der Waals surface area contributed by atoms with Crippen LogP contribution in [0.2, 0.25) is 0 Å². The first kappa shape index (κ1) is 16.8. The Morgan fingerprint density at radius 3 is 2.45 bits per heavy atom. The first-order valence-electron chi connectivity index (χ1n) is 6.39. The van der Waals surface area contributed by atoms with Gasteiger partial charge in [-0.2, -0.15) is 13.2 Å². The largest absolute Gasteiger partial charge is 0.416 e. The number of nitrogens with two attached hydrogens (primary N) is 1. The van der Waals surface area contributed by atoms with Crippen LogP contribution in [0, 0.1) is 5.92 Å². The Morgan fingerprint density at radius 1 is 1.40 bits per heavy atom. The van der Waals surface area contributed by atoms with Gasteiger partial charge in [-0.05, 0) is 24.1 Å². The van der Waals surface area contributed by atoms with Crippen LogP contribution in [0.25, 0.3) is 0 Å². The Balaban J connectivity index is 3.17. The molecule has 20 heavy (non-hydrogen) atoms. The Morgan fingerprint density at radius 2 is 2.00 bits per heavy atom. The predicted molar refractivity (Wildman–Crippen MR) is 80.1 cm³/mol. The van der Waals surface area contributed by atoms with Crippen molar-refractivity contribution in [2.24, 2.45) is 11.7 Å². The molecular formula is C14H19F3N2S. The molecule has 112 valence electrons. The van der Waals surface area contributed by atoms with Crippen LogP contribution < -0.4 is 10.6 Å². The highest BCUT2D eigenvalue weighted by molar-refractivity contribution is 7.80. The number of hydrogen-bond acceptors (Lipinski definition) is 2. The van der Waals surface area contributed by atoms with Crippen LogP contribution in [-0.2, 0) is 6.18 Å². The highest BCUT2D eigenvalue weighted by Crippen LogP contribution is 2.33. The Bertz CT molecular complexity index is 486. The Labute approximate surface area is 122 Å². The number of hydrogen-bond donors (Lipinski definition) is 1. The molecule has 0 aliphatic rings. The maximum atomic E-state index is 12.7. The molecule has 0 radical (unpaired) electrons. The minimum atomic E-state index is -4.40. The fourth-order valence-electron chi connectivity index (χ4n) is 1.94. The normalized spacial score (nSPS) is 13.1. The zero-order chi connectivity index (χ0) is 15.5. The molecule has 1 unspecified atom stereocenters. The van der Waals surface area contributed by atoms with E-state index < -0.39 is 11.7 Å². The van der Waals surface area contributed by atoms with Gasteiger partial charge in [0.2, 0.25) is 0 Å². The van der Waals surface area contributed by atoms with Gasteiger partial charge in [0.05, 0.1) is 5.56 Å². The quantitative estimate of drug-likeness (QED) is 0.839. The smallest absolute Gasteiger partial charge is 0.389 e. The zero-order valence-corrected chi connectivity index (χ0v) is 12.6. The van der Waals surface area contributed by atoms with Gasteiger partial charge in [-0.3, -0.25) is 0 Å². The lowest BCUT2D eigenvalue weighted by Crippen LogP contribution is -2.27. The maximum Gasteiger partial charge on any atom is 0.416 e. The second kappa shape index (κ2) is 6.43. The van der Waals surface area contributed by atoms with E-state index in [4.69, 9.17) is 18.0 Å². The van der Waals surface area contributed by atoms with Crippen LogP contribution in [0.5, 0.6) is 0 Å². The molecule has 1 aromatic carbocycles. The highest BCUT2D eigenvalue weighted by Gasteiger charge is 2.31. The molecule has 0 bridgehead atoms. The molecule has 0 heterocycles. The third kappa shape index (κ3) is 4.10. The van der Waals surface area contributed by atoms with Crippen molar-refractivity contribution in [3.05, 3.63) is 29.3 Å². The van der Waals surface area contributed by atoms with Gasteiger partial charge in [0.1, 0.15) is 4.99 Å². The monoisotopic (exact) mass is 304 g/mol. The molecule has 1 atom stereocenters. The summed E-state index contributed by atoms with van der Waals surface area (Å²) in [6.07, 6.45) is -3.40. The number of thiocarbonyl (C=S) groups is 1. The van der Waals surface area contributed by atoms with Crippen LogP contribution >= 0.6 is 12.2 Å². The van der Waals surface area contributed by atoms with E-state index in [-0.39, 0.29) is 10.6 Å². The van der Waals surface area contributed by atoms with Crippen molar-refractivity contribution in [3.63, 3.8) is 0 Å². The topological polar surface area (TPSA) is 29.3 Å². The maximum absolute atomic E-state index is 12.7. The van der Waals surface area contributed by atoms with E-state index in [1.807, 2.05) is 11.9 Å². The summed E-state index contributed by atoms with van der Waals surface area (Å²) < 4.78 is 38.2. The number of rotatable bonds is 5. The molecule has 0 aliphatic heterocycles. The standard InChI is InChI=1S/C14H19F3N2S/c1-4-9(2)8-19(3)12-6-5-10(14(15,16)17)7-11(12)13(18)20/h5-7,9H,4,8H2,1-3H3,(H2,18,20). The molecule has 1 rings (SSSR count). The van der Waals surface area contributed by atoms with E-state index in [1.165, 1.54) is 6.07 Å². The Hall–Kier alpha value is -1.30. The summed E-state index contributed by atoms with van der Waals surface area (Å²) in [5.41, 5.74) is 5.72. The average Bonchev–Trinajstić information content (AvgIpc) is 2.36.